The van der Waals surface area contributed by atoms with Crippen molar-refractivity contribution in [1.82, 2.24) is 4.90 Å². The van der Waals surface area contributed by atoms with Crippen molar-refractivity contribution >= 4 is 11.9 Å². The largest absolute Gasteiger partial charge is 0.343 e. The van der Waals surface area contributed by atoms with Crippen molar-refractivity contribution in [1.29, 1.82) is 0 Å². The first-order valence-electron chi connectivity index (χ1n) is 10.4. The predicted octanol–water partition coefficient (Wildman–Crippen LogP) is 6.36. The lowest BCUT2D eigenvalue weighted by Crippen LogP contribution is -2.30. The van der Waals surface area contributed by atoms with Gasteiger partial charge in [0.1, 0.15) is 0 Å². The summed E-state index contributed by atoms with van der Waals surface area (Å²) in [7, 11) is 0. The van der Waals surface area contributed by atoms with Crippen molar-refractivity contribution in [2.45, 2.75) is 32.7 Å². The van der Waals surface area contributed by atoms with E-state index in [9.17, 15) is 4.79 Å². The Morgan fingerprint density at radius 2 is 1.40 bits per heavy atom. The van der Waals surface area contributed by atoms with E-state index in [4.69, 9.17) is 0 Å². The molecule has 3 aromatic carbocycles. The van der Waals surface area contributed by atoms with Gasteiger partial charge in [-0.25, -0.2) is 0 Å². The summed E-state index contributed by atoms with van der Waals surface area (Å²) in [4.78, 5) is 15.2. The van der Waals surface area contributed by atoms with E-state index < -0.39 is 5.41 Å². The number of allylic oxidation sites excluding steroid dienone is 2. The number of hydrogen-bond acceptors (Lipinski definition) is 2. The van der Waals surface area contributed by atoms with E-state index in [1.165, 1.54) is 5.56 Å². The number of rotatable bonds is 5. The summed E-state index contributed by atoms with van der Waals surface area (Å²) in [5, 5.41) is 0. The van der Waals surface area contributed by atoms with E-state index in [2.05, 4.69) is 85.5 Å². The molecule has 1 unspecified atom stereocenters. The van der Waals surface area contributed by atoms with Crippen LogP contribution in [-0.2, 0) is 16.8 Å². The summed E-state index contributed by atoms with van der Waals surface area (Å²) in [5.41, 5.74) is 5.99. The number of Topliss-reactive ketones (excluding diaryl/α,β-unsaturated/α-hetero) is 1. The third-order valence-corrected chi connectivity index (χ3v) is 6.06. The van der Waals surface area contributed by atoms with Gasteiger partial charge in [-0.15, -0.1) is 0 Å². The molecular formula is C28H27NO. The lowest BCUT2D eigenvalue weighted by molar-refractivity contribution is -0.114. The first-order valence-corrected chi connectivity index (χ1v) is 10.4. The van der Waals surface area contributed by atoms with Crippen LogP contribution in [0.2, 0.25) is 0 Å². The fraction of sp³-hybridized carbons (Fsp3) is 0.179. The molecule has 0 spiro atoms. The molecule has 0 N–H and O–H groups in total. The van der Waals surface area contributed by atoms with Gasteiger partial charge in [-0.3, -0.25) is 4.79 Å². The minimum absolute atomic E-state index is 0.119. The third-order valence-electron chi connectivity index (χ3n) is 6.06. The molecule has 0 saturated carbocycles. The highest BCUT2D eigenvalue weighted by Crippen LogP contribution is 2.50. The van der Waals surface area contributed by atoms with Gasteiger partial charge in [0.15, 0.2) is 5.78 Å². The first kappa shape index (κ1) is 19.9. The normalized spacial score (nSPS) is 20.1. The van der Waals surface area contributed by atoms with E-state index in [1.54, 1.807) is 6.92 Å². The van der Waals surface area contributed by atoms with Gasteiger partial charge in [-0.1, -0.05) is 91.0 Å². The number of nitrogens with zero attached hydrogens (tertiary/aromatic N) is 1. The van der Waals surface area contributed by atoms with Crippen LogP contribution < -0.4 is 0 Å². The molecule has 0 saturated heterocycles. The Hall–Kier alpha value is -3.39. The second-order valence-electron chi connectivity index (χ2n) is 8.02. The van der Waals surface area contributed by atoms with Crippen LogP contribution >= 0.6 is 0 Å². The van der Waals surface area contributed by atoms with Gasteiger partial charge in [-0.2, -0.15) is 0 Å². The molecule has 30 heavy (non-hydrogen) atoms. The van der Waals surface area contributed by atoms with Crippen molar-refractivity contribution in [3.63, 3.8) is 0 Å². The molecule has 0 amide bonds. The van der Waals surface area contributed by atoms with Gasteiger partial charge in [0, 0.05) is 23.5 Å². The van der Waals surface area contributed by atoms with Crippen LogP contribution in [-0.4, -0.2) is 10.7 Å². The Morgan fingerprint density at radius 1 is 0.867 bits per heavy atom. The maximum atomic E-state index is 12.9. The molecular weight excluding hydrogens is 366 g/mol. The quantitative estimate of drug-likeness (QED) is 0.502. The van der Waals surface area contributed by atoms with Crippen molar-refractivity contribution in [3.8, 4) is 0 Å². The topological polar surface area (TPSA) is 20.3 Å². The van der Waals surface area contributed by atoms with Gasteiger partial charge >= 0.3 is 0 Å². The molecule has 3 aromatic rings. The second-order valence-corrected chi connectivity index (χ2v) is 8.02. The average Bonchev–Trinajstić information content (AvgIpc) is 2.98. The first-order chi connectivity index (χ1) is 14.5. The van der Waals surface area contributed by atoms with Crippen LogP contribution in [0.1, 0.15) is 37.5 Å². The zero-order chi connectivity index (χ0) is 21.1. The molecule has 0 aromatic heterocycles. The average molecular weight is 394 g/mol. The standard InChI is InChI=1S/C28H27NO/c1-21-27(22(2)30)28(3,25-17-11-6-12-18-25)26(19-23-13-7-4-8-14-23)29(21)20-24-15-9-5-10-16-24/h4-19H,20H2,1-3H3/b26-19-. The molecule has 150 valence electrons. The number of carbonyl (C=O) groups excluding carboxylic acids is 1. The van der Waals surface area contributed by atoms with Crippen molar-refractivity contribution in [2.75, 3.05) is 0 Å². The number of benzene rings is 3. The lowest BCUT2D eigenvalue weighted by atomic mass is 9.73. The SMILES string of the molecule is CC(=O)C1=C(C)N(Cc2ccccc2)/C(=C\c2ccccc2)C1(C)c1ccccc1. The molecule has 0 fully saturated rings. The molecule has 1 heterocycles. The van der Waals surface area contributed by atoms with Gasteiger partial charge in [0.2, 0.25) is 0 Å². The van der Waals surface area contributed by atoms with Gasteiger partial charge < -0.3 is 4.90 Å². The van der Waals surface area contributed by atoms with Crippen LogP contribution in [0.3, 0.4) is 0 Å². The van der Waals surface area contributed by atoms with Crippen LogP contribution in [0.5, 0.6) is 0 Å². The van der Waals surface area contributed by atoms with Crippen LogP contribution in [0.25, 0.3) is 6.08 Å². The second kappa shape index (κ2) is 8.16. The summed E-state index contributed by atoms with van der Waals surface area (Å²) in [6.07, 6.45) is 2.23. The van der Waals surface area contributed by atoms with Crippen molar-refractivity contribution in [3.05, 3.63) is 125 Å². The Labute approximate surface area is 179 Å². The summed E-state index contributed by atoms with van der Waals surface area (Å²) >= 11 is 0. The molecule has 1 aliphatic heterocycles. The fourth-order valence-corrected chi connectivity index (χ4v) is 4.65. The minimum Gasteiger partial charge on any atom is -0.343 e. The molecule has 1 aliphatic rings. The van der Waals surface area contributed by atoms with E-state index in [0.717, 1.165) is 34.6 Å². The lowest BCUT2D eigenvalue weighted by Gasteiger charge is -2.33. The summed E-state index contributed by atoms with van der Waals surface area (Å²) < 4.78 is 0. The Balaban J connectivity index is 1.94. The molecule has 2 heteroatoms. The molecule has 0 aliphatic carbocycles. The van der Waals surface area contributed by atoms with Gasteiger partial charge in [-0.05, 0) is 43.5 Å². The van der Waals surface area contributed by atoms with Crippen molar-refractivity contribution in [2.24, 2.45) is 0 Å². The van der Waals surface area contributed by atoms with Gasteiger partial charge in [0.05, 0.1) is 5.41 Å². The molecule has 1 atom stereocenters. The summed E-state index contributed by atoms with van der Waals surface area (Å²) in [6.45, 7) is 6.67. The maximum Gasteiger partial charge on any atom is 0.158 e. The molecule has 2 nitrogen and oxygen atoms in total. The number of ketones is 1. The summed E-state index contributed by atoms with van der Waals surface area (Å²) in [5.74, 6) is 0.119. The zero-order valence-electron chi connectivity index (χ0n) is 17.8. The Kier molecular flexibility index (Phi) is 5.41. The number of carbonyl (C=O) groups is 1. The predicted molar refractivity (Wildman–Crippen MR) is 124 cm³/mol. The fourth-order valence-electron chi connectivity index (χ4n) is 4.65. The Morgan fingerprint density at radius 3 is 1.97 bits per heavy atom. The zero-order valence-corrected chi connectivity index (χ0v) is 17.8. The van der Waals surface area contributed by atoms with E-state index in [-0.39, 0.29) is 5.78 Å². The molecule has 0 radical (unpaired) electrons. The highest BCUT2D eigenvalue weighted by Gasteiger charge is 2.47. The number of hydrogen-bond donors (Lipinski definition) is 0. The highest BCUT2D eigenvalue weighted by molar-refractivity contribution is 5.99. The molecule has 4 rings (SSSR count). The van der Waals surface area contributed by atoms with Crippen molar-refractivity contribution < 1.29 is 4.79 Å². The van der Waals surface area contributed by atoms with Crippen LogP contribution in [0.15, 0.2) is 108 Å². The van der Waals surface area contributed by atoms with Crippen LogP contribution in [0, 0.1) is 0 Å². The van der Waals surface area contributed by atoms with Gasteiger partial charge in [0.25, 0.3) is 0 Å². The third kappa shape index (κ3) is 3.50. The Bertz CT molecular complexity index is 1100. The summed E-state index contributed by atoms with van der Waals surface area (Å²) in [6, 6.07) is 31.2. The monoisotopic (exact) mass is 393 g/mol. The van der Waals surface area contributed by atoms with E-state index >= 15 is 0 Å². The minimum atomic E-state index is -0.512. The smallest absolute Gasteiger partial charge is 0.158 e. The maximum absolute atomic E-state index is 12.9. The van der Waals surface area contributed by atoms with E-state index in [1.807, 2.05) is 30.3 Å². The van der Waals surface area contributed by atoms with Crippen LogP contribution in [0.4, 0.5) is 0 Å². The van der Waals surface area contributed by atoms with E-state index in [0.29, 0.717) is 0 Å². The molecule has 0 bridgehead atoms. The highest BCUT2D eigenvalue weighted by atomic mass is 16.1.